The minimum absolute atomic E-state index is 0.301. The summed E-state index contributed by atoms with van der Waals surface area (Å²) in [7, 11) is 1.29. The van der Waals surface area contributed by atoms with Crippen molar-refractivity contribution in [1.82, 2.24) is 0 Å². The van der Waals surface area contributed by atoms with Gasteiger partial charge in [0, 0.05) is 0 Å². The van der Waals surface area contributed by atoms with Crippen molar-refractivity contribution in [3.63, 3.8) is 0 Å². The lowest BCUT2D eigenvalue weighted by Crippen LogP contribution is -2.06. The molecule has 90 valence electrons. The Morgan fingerprint density at radius 2 is 2.24 bits per heavy atom. The van der Waals surface area contributed by atoms with Crippen LogP contribution < -0.4 is 4.74 Å². The number of hydrogen-bond donors (Lipinski definition) is 0. The number of carbonyl (C=O) groups is 1. The molecule has 17 heavy (non-hydrogen) atoms. The molecule has 0 unspecified atom stereocenters. The Kier molecular flexibility index (Phi) is 4.80. The zero-order valence-corrected chi connectivity index (χ0v) is 10.4. The second-order valence-corrected chi connectivity index (χ2v) is 3.69. The third-order valence-corrected chi connectivity index (χ3v) is 2.29. The fourth-order valence-corrected chi connectivity index (χ4v) is 1.50. The first-order valence-corrected chi connectivity index (χ1v) is 5.49. The second kappa shape index (κ2) is 6.12. The molecular weight excluding hydrogens is 242 g/mol. The number of methoxy groups -OCH3 is 1. The van der Waals surface area contributed by atoms with Crippen LogP contribution in [0.5, 0.6) is 5.75 Å². The Labute approximate surface area is 105 Å². The molecule has 1 aromatic carbocycles. The maximum Gasteiger partial charge on any atom is 0.337 e. The van der Waals surface area contributed by atoms with Gasteiger partial charge in [-0.25, -0.2) is 4.79 Å². The van der Waals surface area contributed by atoms with Crippen molar-refractivity contribution >= 4 is 17.6 Å². The zero-order valence-electron chi connectivity index (χ0n) is 9.62. The minimum Gasteiger partial charge on any atom is -0.491 e. The Balaban J connectivity index is 3.17. The number of carbonyl (C=O) groups excluding carboxylic acids is 1. The summed E-state index contributed by atoms with van der Waals surface area (Å²) in [6.45, 7) is 2.07. The van der Waals surface area contributed by atoms with Gasteiger partial charge in [-0.05, 0) is 24.6 Å². The predicted molar refractivity (Wildman–Crippen MR) is 63.4 cm³/mol. The lowest BCUT2D eigenvalue weighted by molar-refractivity contribution is 0.0600. The van der Waals surface area contributed by atoms with Crippen molar-refractivity contribution < 1.29 is 14.3 Å². The van der Waals surface area contributed by atoms with E-state index < -0.39 is 5.97 Å². The van der Waals surface area contributed by atoms with Crippen molar-refractivity contribution in [3.05, 3.63) is 28.8 Å². The molecule has 1 rings (SSSR count). The number of halogens is 1. The fraction of sp³-hybridized carbons (Fsp3) is 0.333. The van der Waals surface area contributed by atoms with E-state index >= 15 is 0 Å². The third-order valence-electron chi connectivity index (χ3n) is 2.14. The molecule has 0 bridgehead atoms. The normalized spacial score (nSPS) is 9.53. The van der Waals surface area contributed by atoms with Crippen LogP contribution in [0.15, 0.2) is 12.1 Å². The number of benzene rings is 1. The van der Waals surface area contributed by atoms with Gasteiger partial charge in [-0.2, -0.15) is 5.26 Å². The van der Waals surface area contributed by atoms with E-state index in [-0.39, 0.29) is 0 Å². The van der Waals surface area contributed by atoms with Crippen molar-refractivity contribution in [2.75, 3.05) is 19.6 Å². The summed E-state index contributed by atoms with van der Waals surface area (Å²) in [5.41, 5.74) is 1.34. The van der Waals surface area contributed by atoms with Gasteiger partial charge in [0.25, 0.3) is 0 Å². The summed E-state index contributed by atoms with van der Waals surface area (Å²) >= 11 is 5.52. The van der Waals surface area contributed by atoms with Gasteiger partial charge in [-0.1, -0.05) is 0 Å². The molecule has 0 aliphatic carbocycles. The summed E-state index contributed by atoms with van der Waals surface area (Å²) in [5, 5.41) is 9.01. The van der Waals surface area contributed by atoms with E-state index in [0.717, 1.165) is 0 Å². The molecule has 0 aliphatic rings. The second-order valence-electron chi connectivity index (χ2n) is 3.31. The van der Waals surface area contributed by atoms with Gasteiger partial charge in [0.15, 0.2) is 0 Å². The van der Waals surface area contributed by atoms with Crippen molar-refractivity contribution in [2.45, 2.75) is 6.92 Å². The van der Waals surface area contributed by atoms with Gasteiger partial charge >= 0.3 is 5.97 Å². The lowest BCUT2D eigenvalue weighted by atomic mass is 10.1. The molecule has 0 saturated carbocycles. The Bertz CT molecular complexity index is 466. The number of ether oxygens (including phenoxy) is 2. The van der Waals surface area contributed by atoms with Gasteiger partial charge in [-0.15, -0.1) is 11.6 Å². The quantitative estimate of drug-likeness (QED) is 0.610. The smallest absolute Gasteiger partial charge is 0.337 e. The number of aryl methyl sites for hydroxylation is 1. The number of nitriles is 1. The van der Waals surface area contributed by atoms with Gasteiger partial charge in [0.1, 0.15) is 18.4 Å². The molecule has 4 nitrogen and oxygen atoms in total. The van der Waals surface area contributed by atoms with Gasteiger partial charge in [0.05, 0.1) is 24.1 Å². The lowest BCUT2D eigenvalue weighted by Gasteiger charge is -2.11. The van der Waals surface area contributed by atoms with E-state index in [9.17, 15) is 4.79 Å². The van der Waals surface area contributed by atoms with Crippen LogP contribution in [0.4, 0.5) is 0 Å². The van der Waals surface area contributed by atoms with Crippen LogP contribution in [-0.2, 0) is 4.74 Å². The fourth-order valence-electron chi connectivity index (χ4n) is 1.42. The van der Waals surface area contributed by atoms with Crippen LogP contribution in [0.3, 0.4) is 0 Å². The standard InChI is InChI=1S/C12H12ClNO3/c1-8-5-9(12(15)16-2)6-10(7-14)11(8)17-4-3-13/h5-6H,3-4H2,1-2H3. The van der Waals surface area contributed by atoms with Gasteiger partial charge in [0.2, 0.25) is 0 Å². The highest BCUT2D eigenvalue weighted by Gasteiger charge is 2.13. The highest BCUT2D eigenvalue weighted by molar-refractivity contribution is 6.18. The molecule has 0 spiro atoms. The number of alkyl halides is 1. The van der Waals surface area contributed by atoms with E-state index in [2.05, 4.69) is 4.74 Å². The highest BCUT2D eigenvalue weighted by atomic mass is 35.5. The summed E-state index contributed by atoms with van der Waals surface area (Å²) in [5.74, 6) is 0.317. The van der Waals surface area contributed by atoms with Crippen molar-refractivity contribution in [3.8, 4) is 11.8 Å². The van der Waals surface area contributed by atoms with Crippen LogP contribution in [0.1, 0.15) is 21.5 Å². The van der Waals surface area contributed by atoms with E-state index in [4.69, 9.17) is 21.6 Å². The summed E-state index contributed by atoms with van der Waals surface area (Å²) < 4.78 is 9.97. The monoisotopic (exact) mass is 253 g/mol. The van der Waals surface area contributed by atoms with E-state index in [0.29, 0.717) is 34.9 Å². The molecule has 5 heteroatoms. The Hall–Kier alpha value is -1.73. The maximum atomic E-state index is 11.4. The first-order chi connectivity index (χ1) is 8.13. The molecule has 0 saturated heterocycles. The van der Waals surface area contributed by atoms with E-state index in [1.807, 2.05) is 6.07 Å². The first kappa shape index (κ1) is 13.3. The Morgan fingerprint density at radius 1 is 1.53 bits per heavy atom. The molecule has 0 aliphatic heterocycles. The van der Waals surface area contributed by atoms with Crippen LogP contribution in [0, 0.1) is 18.3 Å². The topological polar surface area (TPSA) is 59.3 Å². The molecule has 0 N–H and O–H groups in total. The molecule has 0 atom stereocenters. The number of nitrogens with zero attached hydrogens (tertiary/aromatic N) is 1. The van der Waals surface area contributed by atoms with Crippen molar-refractivity contribution in [2.24, 2.45) is 0 Å². The summed E-state index contributed by atoms with van der Waals surface area (Å²) in [6.07, 6.45) is 0. The predicted octanol–water partition coefficient (Wildman–Crippen LogP) is 2.27. The van der Waals surface area contributed by atoms with Crippen molar-refractivity contribution in [1.29, 1.82) is 5.26 Å². The molecule has 1 aromatic rings. The van der Waals surface area contributed by atoms with E-state index in [1.54, 1.807) is 13.0 Å². The zero-order chi connectivity index (χ0) is 12.8. The molecule has 0 aromatic heterocycles. The first-order valence-electron chi connectivity index (χ1n) is 4.95. The molecular formula is C12H12ClNO3. The van der Waals surface area contributed by atoms with E-state index in [1.165, 1.54) is 13.2 Å². The third kappa shape index (κ3) is 3.11. The van der Waals surface area contributed by atoms with Crippen LogP contribution in [0.25, 0.3) is 0 Å². The number of esters is 1. The van der Waals surface area contributed by atoms with Crippen LogP contribution in [-0.4, -0.2) is 25.6 Å². The Morgan fingerprint density at radius 3 is 2.76 bits per heavy atom. The van der Waals surface area contributed by atoms with Crippen LogP contribution in [0.2, 0.25) is 0 Å². The average Bonchev–Trinajstić information content (AvgIpc) is 2.35. The average molecular weight is 254 g/mol. The summed E-state index contributed by atoms with van der Waals surface area (Å²) in [6, 6.07) is 5.06. The largest absolute Gasteiger partial charge is 0.491 e. The van der Waals surface area contributed by atoms with Gasteiger partial charge < -0.3 is 9.47 Å². The maximum absolute atomic E-state index is 11.4. The number of hydrogen-bond acceptors (Lipinski definition) is 4. The highest BCUT2D eigenvalue weighted by Crippen LogP contribution is 2.25. The number of rotatable bonds is 4. The molecule has 0 radical (unpaired) electrons. The van der Waals surface area contributed by atoms with Gasteiger partial charge in [-0.3, -0.25) is 0 Å². The van der Waals surface area contributed by atoms with Crippen LogP contribution >= 0.6 is 11.6 Å². The molecule has 0 heterocycles. The minimum atomic E-state index is -0.478. The molecule has 0 amide bonds. The summed E-state index contributed by atoms with van der Waals surface area (Å²) in [4.78, 5) is 11.4. The molecule has 0 fully saturated rings. The SMILES string of the molecule is COC(=O)c1cc(C)c(OCCCl)c(C#N)c1.